The van der Waals surface area contributed by atoms with Gasteiger partial charge >= 0.3 is 242 Å². The number of benzene rings is 5. The van der Waals surface area contributed by atoms with E-state index in [1.165, 1.54) is 51.3 Å². The Bertz CT molecular complexity index is 1600. The topological polar surface area (TPSA) is 12.4 Å². The summed E-state index contributed by atoms with van der Waals surface area (Å²) in [4.78, 5) is 5.31. The first-order valence-corrected chi connectivity index (χ1v) is 19.1. The quantitative estimate of drug-likeness (QED) is 0.158. The van der Waals surface area contributed by atoms with Crippen LogP contribution in [-0.2, 0) is 0 Å². The van der Waals surface area contributed by atoms with E-state index in [0.717, 1.165) is 0 Å². The fourth-order valence-corrected chi connectivity index (χ4v) is 17.3. The van der Waals surface area contributed by atoms with Crippen molar-refractivity contribution < 1.29 is 0 Å². The molecule has 0 atom stereocenters. The van der Waals surface area contributed by atoms with Crippen LogP contribution in [0.3, 0.4) is 0 Å². The molecule has 0 saturated carbocycles. The Hall–Kier alpha value is -3.35. The van der Waals surface area contributed by atoms with Gasteiger partial charge in [-0.3, -0.25) is 0 Å². The van der Waals surface area contributed by atoms with E-state index in [2.05, 4.69) is 149 Å². The molecule has 0 spiro atoms. The van der Waals surface area contributed by atoms with Gasteiger partial charge in [0.05, 0.1) is 0 Å². The molecular weight excluding hydrogens is 667 g/mol. The molecule has 0 saturated heterocycles. The Morgan fingerprint density at radius 2 is 0.949 bits per heavy atom. The van der Waals surface area contributed by atoms with Crippen molar-refractivity contribution in [3.05, 3.63) is 138 Å². The van der Waals surface area contributed by atoms with Gasteiger partial charge in [-0.2, -0.15) is 0 Å². The Morgan fingerprint density at radius 3 is 1.51 bits per heavy atom. The van der Waals surface area contributed by atoms with Crippen LogP contribution in [0.1, 0.15) is 56.2 Å². The summed E-state index contributed by atoms with van der Waals surface area (Å²) in [6.45, 7) is 9.43. The van der Waals surface area contributed by atoms with Crippen LogP contribution in [0.25, 0.3) is 22.3 Å². The van der Waals surface area contributed by atoms with Crippen LogP contribution < -0.4 is 6.54 Å². The summed E-state index contributed by atoms with van der Waals surface area (Å²) in [5, 5.41) is 0. The Balaban J connectivity index is 1.52. The molecule has 1 nitrogen and oxygen atoms in total. The van der Waals surface area contributed by atoms with Gasteiger partial charge in [0.1, 0.15) is 0 Å². The third-order valence-corrected chi connectivity index (χ3v) is 17.7. The predicted molar refractivity (Wildman–Crippen MR) is 170 cm³/mol. The van der Waals surface area contributed by atoms with Gasteiger partial charge in [0.25, 0.3) is 0 Å². The maximum absolute atomic E-state index is 5.31. The molecule has 0 bridgehead atoms. The van der Waals surface area contributed by atoms with Gasteiger partial charge in [-0.1, -0.05) is 0 Å². The molecule has 0 fully saturated rings. The Labute approximate surface area is 241 Å². The van der Waals surface area contributed by atoms with Gasteiger partial charge in [-0.15, -0.1) is 0 Å². The SMILES string of the molecule is CC(C)c1cc(-c2ccc(-c3ccccc3)cc2)cc(C(C)C)[c]1[Bi]1[C](c2ccccc2)=Nc2cccc[c]21. The summed E-state index contributed by atoms with van der Waals surface area (Å²) < 4.78 is 4.50. The summed E-state index contributed by atoms with van der Waals surface area (Å²) in [6, 6.07) is 44.5. The molecule has 0 unspecified atom stereocenters. The molecule has 0 aromatic heterocycles. The van der Waals surface area contributed by atoms with E-state index in [9.17, 15) is 0 Å². The third kappa shape index (κ3) is 5.04. The van der Waals surface area contributed by atoms with E-state index in [1.807, 2.05) is 0 Å². The molecule has 0 amide bonds. The van der Waals surface area contributed by atoms with Crippen molar-refractivity contribution in [3.63, 3.8) is 0 Å². The zero-order valence-electron chi connectivity index (χ0n) is 23.1. The molecule has 0 N–H and O–H groups in total. The molecule has 1 aliphatic heterocycles. The zero-order valence-corrected chi connectivity index (χ0v) is 26.6. The fourth-order valence-electron chi connectivity index (χ4n) is 5.50. The zero-order chi connectivity index (χ0) is 26.9. The molecule has 6 rings (SSSR count). The second kappa shape index (κ2) is 11.0. The molecule has 5 aromatic carbocycles. The van der Waals surface area contributed by atoms with Crippen molar-refractivity contribution in [3.8, 4) is 22.3 Å². The van der Waals surface area contributed by atoms with Gasteiger partial charge in [0.2, 0.25) is 0 Å². The molecule has 192 valence electrons. The van der Waals surface area contributed by atoms with Gasteiger partial charge in [0, 0.05) is 0 Å². The Kier molecular flexibility index (Phi) is 7.33. The fraction of sp³-hybridized carbons (Fsp3) is 0.162. The average molecular weight is 702 g/mol. The van der Waals surface area contributed by atoms with Crippen LogP contribution in [0.5, 0.6) is 0 Å². The monoisotopic (exact) mass is 701 g/mol. The second-order valence-corrected chi connectivity index (χ2v) is 18.7. The standard InChI is InChI=1S/C24H25.C13H9N.Bi/c1-17(2)22-14-23(18(3)4)16-24(15-22)21-12-10-20(11-13-21)19-8-6-5-7-9-19;1-3-7-12(8-4-1)11-14-13-9-5-2-6-10-13;/h5-13,15-18H,1-4H3;1-9H;. The molecule has 1 aliphatic rings. The molecule has 2 heteroatoms. The summed E-state index contributed by atoms with van der Waals surface area (Å²) in [6.07, 6.45) is 0. The number of hydrogen-bond acceptors (Lipinski definition) is 1. The van der Waals surface area contributed by atoms with Gasteiger partial charge < -0.3 is 0 Å². The minimum atomic E-state index is -2.67. The number of fused-ring (bicyclic) bond motifs is 1. The van der Waals surface area contributed by atoms with Crippen molar-refractivity contribution in [2.24, 2.45) is 4.99 Å². The van der Waals surface area contributed by atoms with Crippen LogP contribution in [0.4, 0.5) is 5.69 Å². The summed E-state index contributed by atoms with van der Waals surface area (Å²) in [5.74, 6) is 0.863. The van der Waals surface area contributed by atoms with E-state index in [0.29, 0.717) is 11.8 Å². The maximum atomic E-state index is 5.31. The van der Waals surface area contributed by atoms with Crippen molar-refractivity contribution >= 4 is 37.4 Å². The van der Waals surface area contributed by atoms with Crippen LogP contribution >= 0.6 is 0 Å². The third-order valence-electron chi connectivity index (χ3n) is 7.55. The first-order chi connectivity index (χ1) is 19.0. The van der Waals surface area contributed by atoms with Crippen LogP contribution in [0.15, 0.2) is 126 Å². The molecule has 39 heavy (non-hydrogen) atoms. The van der Waals surface area contributed by atoms with E-state index >= 15 is 0 Å². The van der Waals surface area contributed by atoms with Crippen LogP contribution in [-0.4, -0.2) is 25.2 Å². The normalized spacial score (nSPS) is 13.1. The van der Waals surface area contributed by atoms with Crippen LogP contribution in [0, 0.1) is 0 Å². The van der Waals surface area contributed by atoms with E-state index < -0.39 is 21.8 Å². The number of rotatable bonds is 6. The number of hydrogen-bond donors (Lipinski definition) is 0. The average Bonchev–Trinajstić information content (AvgIpc) is 3.37. The van der Waals surface area contributed by atoms with Gasteiger partial charge in [0.15, 0.2) is 0 Å². The van der Waals surface area contributed by atoms with Crippen LogP contribution in [0.2, 0.25) is 0 Å². The second-order valence-electron chi connectivity index (χ2n) is 10.9. The summed E-state index contributed by atoms with van der Waals surface area (Å²) in [7, 11) is 0. The molecular formula is C37H34BiN. The first-order valence-electron chi connectivity index (χ1n) is 13.9. The molecule has 0 aliphatic carbocycles. The molecule has 0 radical (unpaired) electrons. The summed E-state index contributed by atoms with van der Waals surface area (Å²) in [5.41, 5.74) is 10.6. The van der Waals surface area contributed by atoms with Crippen molar-refractivity contribution in [1.29, 1.82) is 0 Å². The number of aliphatic imine (C=N–C) groups is 1. The Morgan fingerprint density at radius 1 is 0.487 bits per heavy atom. The predicted octanol–water partition coefficient (Wildman–Crippen LogP) is 8.55. The minimum absolute atomic E-state index is 0.431. The van der Waals surface area contributed by atoms with Gasteiger partial charge in [-0.05, 0) is 0 Å². The van der Waals surface area contributed by atoms with Gasteiger partial charge in [-0.25, -0.2) is 0 Å². The first kappa shape index (κ1) is 25.9. The van der Waals surface area contributed by atoms with E-state index in [-0.39, 0.29) is 0 Å². The summed E-state index contributed by atoms with van der Waals surface area (Å²) >= 11 is -2.67. The molecule has 5 aromatic rings. The van der Waals surface area contributed by atoms with E-state index in [1.54, 1.807) is 3.27 Å². The molecule has 1 heterocycles. The van der Waals surface area contributed by atoms with Crippen molar-refractivity contribution in [2.75, 3.05) is 0 Å². The number of para-hydroxylation sites is 1. The number of nitrogens with zero attached hydrogens (tertiary/aromatic N) is 1. The van der Waals surface area contributed by atoms with E-state index in [4.69, 9.17) is 4.99 Å². The van der Waals surface area contributed by atoms with Crippen molar-refractivity contribution in [1.82, 2.24) is 0 Å². The van der Waals surface area contributed by atoms with Crippen molar-refractivity contribution in [2.45, 2.75) is 39.5 Å².